The highest BCUT2D eigenvalue weighted by Crippen LogP contribution is 2.29. The van der Waals surface area contributed by atoms with Gasteiger partial charge in [0.1, 0.15) is 11.5 Å². The van der Waals surface area contributed by atoms with Crippen LogP contribution in [-0.4, -0.2) is 32.6 Å². The molecule has 7 nitrogen and oxygen atoms in total. The Bertz CT molecular complexity index is 1590. The molecule has 5 rings (SSSR count). The van der Waals surface area contributed by atoms with E-state index >= 15 is 0 Å². The van der Waals surface area contributed by atoms with Crippen LogP contribution in [0.2, 0.25) is 10.0 Å². The molecule has 0 atom stereocenters. The molecule has 10 heteroatoms. The average molecular weight is 574 g/mol. The van der Waals surface area contributed by atoms with Gasteiger partial charge in [0.25, 0.3) is 5.91 Å². The maximum absolute atomic E-state index is 12.6. The van der Waals surface area contributed by atoms with Crippen LogP contribution in [0.4, 0.5) is 0 Å². The molecule has 39 heavy (non-hydrogen) atoms. The largest absolute Gasteiger partial charge is 0.457 e. The number of halogens is 2. The van der Waals surface area contributed by atoms with Crippen LogP contribution < -0.4 is 10.2 Å². The Labute approximate surface area is 239 Å². The van der Waals surface area contributed by atoms with E-state index in [-0.39, 0.29) is 11.7 Å². The maximum Gasteiger partial charge on any atom is 0.250 e. The van der Waals surface area contributed by atoms with E-state index in [9.17, 15) is 4.79 Å². The first-order valence-corrected chi connectivity index (χ1v) is 13.5. The Morgan fingerprint density at radius 2 is 1.56 bits per heavy atom. The van der Waals surface area contributed by atoms with E-state index in [2.05, 4.69) is 20.7 Å². The van der Waals surface area contributed by atoms with Crippen LogP contribution in [0.25, 0.3) is 17.1 Å². The van der Waals surface area contributed by atoms with Crippen molar-refractivity contribution in [3.8, 4) is 28.6 Å². The van der Waals surface area contributed by atoms with Gasteiger partial charge in [-0.15, -0.1) is 10.2 Å². The van der Waals surface area contributed by atoms with Crippen LogP contribution in [0.15, 0.2) is 113 Å². The van der Waals surface area contributed by atoms with Gasteiger partial charge >= 0.3 is 0 Å². The number of rotatable bonds is 9. The molecule has 194 valence electrons. The minimum absolute atomic E-state index is 0.0842. The SMILES string of the molecule is O=C(CSc1nnc(-c2ccc(Cl)cc2)n1-c1ccc(Cl)cc1)N/N=C\c1cccc(Oc2ccccc2)c1. The van der Waals surface area contributed by atoms with Crippen molar-refractivity contribution in [2.45, 2.75) is 5.16 Å². The van der Waals surface area contributed by atoms with Gasteiger partial charge < -0.3 is 4.74 Å². The molecule has 1 heterocycles. The lowest BCUT2D eigenvalue weighted by Gasteiger charge is -2.10. The van der Waals surface area contributed by atoms with Crippen LogP contribution in [-0.2, 0) is 4.79 Å². The zero-order valence-electron chi connectivity index (χ0n) is 20.4. The third kappa shape index (κ3) is 7.06. The first kappa shape index (κ1) is 26.5. The molecule has 1 N–H and O–H groups in total. The summed E-state index contributed by atoms with van der Waals surface area (Å²) in [6, 6.07) is 31.6. The van der Waals surface area contributed by atoms with Crippen LogP contribution in [0.1, 0.15) is 5.56 Å². The van der Waals surface area contributed by atoms with Gasteiger partial charge in [0.2, 0.25) is 0 Å². The summed E-state index contributed by atoms with van der Waals surface area (Å²) in [4.78, 5) is 12.6. The molecule has 0 aliphatic rings. The lowest BCUT2D eigenvalue weighted by Crippen LogP contribution is -2.20. The van der Waals surface area contributed by atoms with Crippen LogP contribution in [0, 0.1) is 0 Å². The Balaban J connectivity index is 1.25. The van der Waals surface area contributed by atoms with E-state index in [0.717, 1.165) is 22.6 Å². The number of ether oxygens (including phenoxy) is 1. The molecule has 0 radical (unpaired) electrons. The molecule has 0 saturated heterocycles. The van der Waals surface area contributed by atoms with Crippen molar-refractivity contribution in [2.75, 3.05) is 5.75 Å². The van der Waals surface area contributed by atoms with Crippen molar-refractivity contribution in [3.63, 3.8) is 0 Å². The average Bonchev–Trinajstić information content (AvgIpc) is 3.37. The zero-order valence-corrected chi connectivity index (χ0v) is 22.7. The smallest absolute Gasteiger partial charge is 0.250 e. The number of para-hydroxylation sites is 1. The normalized spacial score (nSPS) is 11.0. The van der Waals surface area contributed by atoms with Gasteiger partial charge in [-0.1, -0.05) is 65.3 Å². The second kappa shape index (κ2) is 12.6. The van der Waals surface area contributed by atoms with Crippen LogP contribution in [0.5, 0.6) is 11.5 Å². The Morgan fingerprint density at radius 3 is 2.31 bits per heavy atom. The van der Waals surface area contributed by atoms with E-state index in [4.69, 9.17) is 27.9 Å². The summed E-state index contributed by atoms with van der Waals surface area (Å²) >= 11 is 13.4. The quantitative estimate of drug-likeness (QED) is 0.114. The fourth-order valence-corrected chi connectivity index (χ4v) is 4.59. The number of carbonyl (C=O) groups excluding carboxylic acids is 1. The van der Waals surface area contributed by atoms with Gasteiger partial charge in [-0.25, -0.2) is 5.43 Å². The van der Waals surface area contributed by atoms with Crippen molar-refractivity contribution < 1.29 is 9.53 Å². The van der Waals surface area contributed by atoms with Gasteiger partial charge in [-0.2, -0.15) is 5.10 Å². The molecular formula is C29H21Cl2N5O2S. The number of hydrogen-bond acceptors (Lipinski definition) is 6. The lowest BCUT2D eigenvalue weighted by atomic mass is 10.2. The minimum atomic E-state index is -0.286. The maximum atomic E-state index is 12.6. The Hall–Kier alpha value is -4.11. The zero-order chi connectivity index (χ0) is 27.0. The van der Waals surface area contributed by atoms with E-state index in [1.807, 2.05) is 83.4 Å². The van der Waals surface area contributed by atoms with Gasteiger partial charge in [-0.05, 0) is 78.4 Å². The van der Waals surface area contributed by atoms with Crippen molar-refractivity contribution in [1.82, 2.24) is 20.2 Å². The minimum Gasteiger partial charge on any atom is -0.457 e. The summed E-state index contributed by atoms with van der Waals surface area (Å²) in [6.07, 6.45) is 1.56. The van der Waals surface area contributed by atoms with Crippen LogP contribution in [0.3, 0.4) is 0 Å². The monoisotopic (exact) mass is 573 g/mol. The molecule has 0 fully saturated rings. The summed E-state index contributed by atoms with van der Waals surface area (Å²) in [5.74, 6) is 1.83. The summed E-state index contributed by atoms with van der Waals surface area (Å²) in [6.45, 7) is 0. The molecule has 1 aromatic heterocycles. The summed E-state index contributed by atoms with van der Waals surface area (Å²) in [7, 11) is 0. The van der Waals surface area contributed by atoms with Crippen LogP contribution >= 0.6 is 35.0 Å². The number of thioether (sulfide) groups is 1. The number of amides is 1. The molecule has 0 unspecified atom stereocenters. The fraction of sp³-hybridized carbons (Fsp3) is 0.0345. The molecule has 0 aliphatic heterocycles. The van der Waals surface area contributed by atoms with Crippen molar-refractivity contribution in [2.24, 2.45) is 5.10 Å². The Kier molecular flexibility index (Phi) is 8.58. The first-order valence-electron chi connectivity index (χ1n) is 11.8. The molecule has 0 bridgehead atoms. The molecule has 5 aromatic rings. The number of aromatic nitrogens is 3. The van der Waals surface area contributed by atoms with Gasteiger partial charge in [0.05, 0.1) is 12.0 Å². The number of nitrogens with zero attached hydrogens (tertiary/aromatic N) is 4. The summed E-state index contributed by atoms with van der Waals surface area (Å²) in [5.41, 5.74) is 4.99. The van der Waals surface area contributed by atoms with Crippen molar-refractivity contribution in [3.05, 3.63) is 119 Å². The first-order chi connectivity index (χ1) is 19.0. The third-order valence-corrected chi connectivity index (χ3v) is 6.83. The van der Waals surface area contributed by atoms with E-state index in [1.54, 1.807) is 30.5 Å². The second-order valence-corrected chi connectivity index (χ2v) is 10.0. The molecule has 4 aromatic carbocycles. The molecule has 1 amide bonds. The van der Waals surface area contributed by atoms with E-state index in [0.29, 0.717) is 26.8 Å². The fourth-order valence-electron chi connectivity index (χ4n) is 3.60. The lowest BCUT2D eigenvalue weighted by molar-refractivity contribution is -0.118. The standard InChI is InChI=1S/C29H21Cl2N5O2S/c30-22-11-9-21(10-12-22)28-34-35-29(36(28)24-15-13-23(31)14-16-24)39-19-27(37)33-32-18-20-5-4-8-26(17-20)38-25-6-2-1-3-7-25/h1-18H,19H2,(H,33,37)/b32-18-. The van der Waals surface area contributed by atoms with Gasteiger partial charge in [0.15, 0.2) is 11.0 Å². The molecule has 0 saturated carbocycles. The highest BCUT2D eigenvalue weighted by atomic mass is 35.5. The number of hydrogen-bond donors (Lipinski definition) is 1. The highest BCUT2D eigenvalue weighted by Gasteiger charge is 2.17. The van der Waals surface area contributed by atoms with Gasteiger partial charge in [0, 0.05) is 21.3 Å². The summed E-state index contributed by atoms with van der Waals surface area (Å²) < 4.78 is 7.72. The van der Waals surface area contributed by atoms with E-state index in [1.165, 1.54) is 11.8 Å². The van der Waals surface area contributed by atoms with E-state index < -0.39 is 0 Å². The molecule has 0 spiro atoms. The second-order valence-electron chi connectivity index (χ2n) is 8.19. The van der Waals surface area contributed by atoms with Crippen molar-refractivity contribution >= 4 is 47.1 Å². The number of hydrazone groups is 1. The highest BCUT2D eigenvalue weighted by molar-refractivity contribution is 7.99. The summed E-state index contributed by atoms with van der Waals surface area (Å²) in [5, 5.41) is 14.6. The third-order valence-electron chi connectivity index (χ3n) is 5.39. The number of carbonyl (C=O) groups is 1. The predicted octanol–water partition coefficient (Wildman–Crippen LogP) is 7.28. The number of nitrogens with one attached hydrogen (secondary N) is 1. The molecular weight excluding hydrogens is 553 g/mol. The molecule has 0 aliphatic carbocycles. The topological polar surface area (TPSA) is 81.4 Å². The predicted molar refractivity (Wildman–Crippen MR) is 156 cm³/mol. The Morgan fingerprint density at radius 1 is 0.872 bits per heavy atom. The number of benzene rings is 4. The van der Waals surface area contributed by atoms with Crippen molar-refractivity contribution in [1.29, 1.82) is 0 Å². The van der Waals surface area contributed by atoms with Gasteiger partial charge in [-0.3, -0.25) is 9.36 Å².